The quantitative estimate of drug-likeness (QED) is 0.822. The van der Waals surface area contributed by atoms with Gasteiger partial charge in [-0.15, -0.1) is 0 Å². The molecule has 0 saturated carbocycles. The van der Waals surface area contributed by atoms with Gasteiger partial charge in [-0.3, -0.25) is 4.98 Å². The summed E-state index contributed by atoms with van der Waals surface area (Å²) >= 11 is 0. The standard InChI is InChI=1S/C12H16N4O2S/c13-9-12-10-15-6-7-16(12)19(17,18)8-3-11-1-4-14-5-2-11/h1-2,4-5,12,15H,3,6-8,10H2. The van der Waals surface area contributed by atoms with Gasteiger partial charge in [0.2, 0.25) is 10.0 Å². The molecule has 1 aliphatic heterocycles. The fraction of sp³-hybridized carbons (Fsp3) is 0.500. The first-order valence-corrected chi connectivity index (χ1v) is 7.73. The second-order valence-corrected chi connectivity index (χ2v) is 6.42. The van der Waals surface area contributed by atoms with Gasteiger partial charge in [0.1, 0.15) is 6.04 Å². The zero-order valence-corrected chi connectivity index (χ0v) is 11.3. The maximum atomic E-state index is 12.3. The molecular weight excluding hydrogens is 264 g/mol. The van der Waals surface area contributed by atoms with Crippen molar-refractivity contribution in [3.63, 3.8) is 0 Å². The highest BCUT2D eigenvalue weighted by Crippen LogP contribution is 2.12. The van der Waals surface area contributed by atoms with Gasteiger partial charge >= 0.3 is 0 Å². The minimum atomic E-state index is -3.39. The SMILES string of the molecule is N#CC1CNCCN1S(=O)(=O)CCc1ccncc1. The molecule has 1 saturated heterocycles. The first-order chi connectivity index (χ1) is 9.13. The van der Waals surface area contributed by atoms with Gasteiger partial charge in [-0.1, -0.05) is 0 Å². The van der Waals surface area contributed by atoms with Gasteiger partial charge in [-0.25, -0.2) is 8.42 Å². The first kappa shape index (κ1) is 13.9. The number of hydrogen-bond donors (Lipinski definition) is 1. The molecule has 6 nitrogen and oxygen atoms in total. The van der Waals surface area contributed by atoms with E-state index in [1.165, 1.54) is 4.31 Å². The molecular formula is C12H16N4O2S. The van der Waals surface area contributed by atoms with Crippen LogP contribution in [0.3, 0.4) is 0 Å². The first-order valence-electron chi connectivity index (χ1n) is 6.12. The fourth-order valence-corrected chi connectivity index (χ4v) is 3.65. The predicted molar refractivity (Wildman–Crippen MR) is 70.7 cm³/mol. The summed E-state index contributed by atoms with van der Waals surface area (Å²) < 4.78 is 25.8. The summed E-state index contributed by atoms with van der Waals surface area (Å²) in [6.07, 6.45) is 3.72. The predicted octanol–water partition coefficient (Wildman–Crippen LogP) is -0.249. The van der Waals surface area contributed by atoms with Crippen molar-refractivity contribution in [2.75, 3.05) is 25.4 Å². The lowest BCUT2D eigenvalue weighted by atomic mass is 10.2. The molecule has 7 heteroatoms. The highest BCUT2D eigenvalue weighted by atomic mass is 32.2. The number of pyridine rings is 1. The summed E-state index contributed by atoms with van der Waals surface area (Å²) in [4.78, 5) is 3.89. The van der Waals surface area contributed by atoms with E-state index in [2.05, 4.69) is 10.3 Å². The van der Waals surface area contributed by atoms with E-state index in [0.29, 0.717) is 26.1 Å². The van der Waals surface area contributed by atoms with E-state index in [9.17, 15) is 8.42 Å². The van der Waals surface area contributed by atoms with Gasteiger partial charge in [0.05, 0.1) is 11.8 Å². The number of sulfonamides is 1. The zero-order valence-electron chi connectivity index (χ0n) is 10.5. The van der Waals surface area contributed by atoms with Crippen LogP contribution in [0.5, 0.6) is 0 Å². The van der Waals surface area contributed by atoms with Crippen molar-refractivity contribution in [2.45, 2.75) is 12.5 Å². The van der Waals surface area contributed by atoms with Crippen molar-refractivity contribution in [1.29, 1.82) is 5.26 Å². The minimum Gasteiger partial charge on any atom is -0.313 e. The molecule has 1 aromatic rings. The number of aromatic nitrogens is 1. The Labute approximate surface area is 113 Å². The Balaban J connectivity index is 2.03. The topological polar surface area (TPSA) is 86.1 Å². The molecule has 1 atom stereocenters. The maximum Gasteiger partial charge on any atom is 0.215 e. The number of piperazine rings is 1. The van der Waals surface area contributed by atoms with Gasteiger partial charge in [-0.05, 0) is 24.1 Å². The molecule has 102 valence electrons. The third-order valence-electron chi connectivity index (χ3n) is 3.10. The summed E-state index contributed by atoms with van der Waals surface area (Å²) in [5.41, 5.74) is 0.933. The lowest BCUT2D eigenvalue weighted by molar-refractivity contribution is 0.312. The Hall–Kier alpha value is -1.49. The van der Waals surface area contributed by atoms with Crippen molar-refractivity contribution in [1.82, 2.24) is 14.6 Å². The summed E-state index contributed by atoms with van der Waals surface area (Å²) in [6.45, 7) is 1.34. The van der Waals surface area contributed by atoms with Crippen LogP contribution in [-0.4, -0.2) is 49.1 Å². The third kappa shape index (κ3) is 3.50. The second kappa shape index (κ2) is 6.10. The summed E-state index contributed by atoms with van der Waals surface area (Å²) in [7, 11) is -3.39. The Morgan fingerprint density at radius 2 is 2.21 bits per heavy atom. The third-order valence-corrected chi connectivity index (χ3v) is 4.97. The molecule has 1 aromatic heterocycles. The van der Waals surface area contributed by atoms with Crippen molar-refractivity contribution in [2.24, 2.45) is 0 Å². The summed E-state index contributed by atoms with van der Waals surface area (Å²) in [5, 5.41) is 12.0. The van der Waals surface area contributed by atoms with Gasteiger partial charge in [-0.2, -0.15) is 9.57 Å². The molecule has 1 fully saturated rings. The molecule has 0 radical (unpaired) electrons. The Kier molecular flexibility index (Phi) is 4.47. The van der Waals surface area contributed by atoms with Crippen LogP contribution in [0, 0.1) is 11.3 Å². The molecule has 19 heavy (non-hydrogen) atoms. The smallest absolute Gasteiger partial charge is 0.215 e. The van der Waals surface area contributed by atoms with Crippen LogP contribution >= 0.6 is 0 Å². The van der Waals surface area contributed by atoms with Crippen molar-refractivity contribution in [3.8, 4) is 6.07 Å². The highest BCUT2D eigenvalue weighted by molar-refractivity contribution is 7.89. The van der Waals surface area contributed by atoms with E-state index >= 15 is 0 Å². The van der Waals surface area contributed by atoms with E-state index in [-0.39, 0.29) is 5.75 Å². The largest absolute Gasteiger partial charge is 0.313 e. The van der Waals surface area contributed by atoms with Crippen LogP contribution in [0.1, 0.15) is 5.56 Å². The molecule has 2 heterocycles. The molecule has 1 N–H and O–H groups in total. The Morgan fingerprint density at radius 3 is 2.89 bits per heavy atom. The van der Waals surface area contributed by atoms with Crippen LogP contribution in [0.4, 0.5) is 0 Å². The summed E-state index contributed by atoms with van der Waals surface area (Å²) in [6, 6.07) is 5.03. The average molecular weight is 280 g/mol. The normalized spacial score (nSPS) is 20.9. The van der Waals surface area contributed by atoms with E-state index < -0.39 is 16.1 Å². The van der Waals surface area contributed by atoms with Crippen molar-refractivity contribution >= 4 is 10.0 Å². The Morgan fingerprint density at radius 1 is 1.47 bits per heavy atom. The number of aryl methyl sites for hydroxylation is 1. The molecule has 1 aliphatic rings. The maximum absolute atomic E-state index is 12.3. The van der Waals surface area contributed by atoms with Crippen LogP contribution < -0.4 is 5.32 Å². The number of rotatable bonds is 4. The second-order valence-electron chi connectivity index (χ2n) is 4.38. The lowest BCUT2D eigenvalue weighted by Gasteiger charge is -2.30. The van der Waals surface area contributed by atoms with Crippen LogP contribution in [0.25, 0.3) is 0 Å². The summed E-state index contributed by atoms with van der Waals surface area (Å²) in [5.74, 6) is 0.0230. The molecule has 0 aromatic carbocycles. The van der Waals surface area contributed by atoms with Gasteiger partial charge in [0.25, 0.3) is 0 Å². The number of nitriles is 1. The van der Waals surface area contributed by atoms with Crippen LogP contribution in [0.15, 0.2) is 24.5 Å². The number of nitrogens with one attached hydrogen (secondary N) is 1. The molecule has 1 unspecified atom stereocenters. The molecule has 0 bridgehead atoms. The fourth-order valence-electron chi connectivity index (χ4n) is 2.04. The number of hydrogen-bond acceptors (Lipinski definition) is 5. The zero-order chi connectivity index (χ0) is 13.7. The average Bonchev–Trinajstić information content (AvgIpc) is 2.46. The van der Waals surface area contributed by atoms with Crippen LogP contribution in [0.2, 0.25) is 0 Å². The van der Waals surface area contributed by atoms with Gasteiger partial charge in [0.15, 0.2) is 0 Å². The van der Waals surface area contributed by atoms with E-state index in [1.807, 2.05) is 6.07 Å². The molecule has 2 rings (SSSR count). The van der Waals surface area contributed by atoms with Gasteiger partial charge < -0.3 is 5.32 Å². The van der Waals surface area contributed by atoms with Gasteiger partial charge in [0, 0.05) is 32.0 Å². The van der Waals surface area contributed by atoms with E-state index in [4.69, 9.17) is 5.26 Å². The molecule has 0 amide bonds. The van der Waals surface area contributed by atoms with E-state index in [1.54, 1.807) is 24.5 Å². The van der Waals surface area contributed by atoms with Crippen molar-refractivity contribution in [3.05, 3.63) is 30.1 Å². The molecule has 0 spiro atoms. The molecule has 0 aliphatic carbocycles. The van der Waals surface area contributed by atoms with Crippen LogP contribution in [-0.2, 0) is 16.4 Å². The van der Waals surface area contributed by atoms with E-state index in [0.717, 1.165) is 5.56 Å². The highest BCUT2D eigenvalue weighted by Gasteiger charge is 2.31. The lowest BCUT2D eigenvalue weighted by Crippen LogP contribution is -2.53. The minimum absolute atomic E-state index is 0.0230. The monoisotopic (exact) mass is 280 g/mol. The number of nitrogens with zero attached hydrogens (tertiary/aromatic N) is 3. The Bertz CT molecular complexity index is 553. The van der Waals surface area contributed by atoms with Crippen molar-refractivity contribution < 1.29 is 8.42 Å².